The average molecular weight is 447 g/mol. The van der Waals surface area contributed by atoms with Crippen LogP contribution in [-0.4, -0.2) is 44.8 Å². The molecule has 1 aromatic carbocycles. The second kappa shape index (κ2) is 9.67. The number of thiocarbonyl (C=S) groups is 1. The molecule has 0 aliphatic carbocycles. The molecule has 152 valence electrons. The van der Waals surface area contributed by atoms with Gasteiger partial charge in [-0.15, -0.1) is 11.3 Å². The minimum absolute atomic E-state index is 0.114. The summed E-state index contributed by atoms with van der Waals surface area (Å²) in [5.74, 6) is -0.399. The van der Waals surface area contributed by atoms with Crippen molar-refractivity contribution in [2.75, 3.05) is 13.2 Å². The van der Waals surface area contributed by atoms with E-state index in [1.165, 1.54) is 16.7 Å². The van der Waals surface area contributed by atoms with Crippen LogP contribution in [0.1, 0.15) is 23.8 Å². The molecule has 0 bridgehead atoms. The van der Waals surface area contributed by atoms with Gasteiger partial charge in [-0.1, -0.05) is 60.4 Å². The maximum Gasteiger partial charge on any atom is 0.266 e. The van der Waals surface area contributed by atoms with Crippen molar-refractivity contribution in [3.05, 3.63) is 63.2 Å². The van der Waals surface area contributed by atoms with Crippen molar-refractivity contribution < 1.29 is 14.7 Å². The number of aliphatic hydroxyl groups excluding tert-OH is 1. The molecule has 0 spiro atoms. The van der Waals surface area contributed by atoms with Crippen LogP contribution in [0.4, 0.5) is 0 Å². The van der Waals surface area contributed by atoms with E-state index in [9.17, 15) is 14.7 Å². The lowest BCUT2D eigenvalue weighted by Crippen LogP contribution is -2.51. The Morgan fingerprint density at radius 3 is 2.69 bits per heavy atom. The Labute approximate surface area is 183 Å². The van der Waals surface area contributed by atoms with Crippen molar-refractivity contribution >= 4 is 57.5 Å². The van der Waals surface area contributed by atoms with Crippen LogP contribution in [0, 0.1) is 0 Å². The van der Waals surface area contributed by atoms with Crippen LogP contribution < -0.4 is 5.32 Å². The van der Waals surface area contributed by atoms with Gasteiger partial charge in [-0.05, 0) is 36.4 Å². The minimum Gasteiger partial charge on any atom is -0.394 e. The lowest BCUT2D eigenvalue weighted by Gasteiger charge is -2.29. The summed E-state index contributed by atoms with van der Waals surface area (Å²) in [7, 11) is 0. The summed E-state index contributed by atoms with van der Waals surface area (Å²) in [6.07, 6.45) is 2.45. The third kappa shape index (κ3) is 5.76. The number of nitrogens with one attached hydrogen (secondary N) is 1. The number of nitrogens with zero attached hydrogens (tertiary/aromatic N) is 1. The number of thiophene rings is 1. The van der Waals surface area contributed by atoms with Gasteiger partial charge < -0.3 is 10.4 Å². The summed E-state index contributed by atoms with van der Waals surface area (Å²) in [6, 6.07) is 13.6. The molecule has 8 heteroatoms. The van der Waals surface area contributed by atoms with E-state index in [0.29, 0.717) is 15.6 Å². The van der Waals surface area contributed by atoms with E-state index in [-0.39, 0.29) is 31.4 Å². The molecule has 2 aromatic rings. The molecule has 2 N–H and O–H groups in total. The highest BCUT2D eigenvalue weighted by Gasteiger charge is 2.33. The first-order valence-electron chi connectivity index (χ1n) is 9.15. The summed E-state index contributed by atoms with van der Waals surface area (Å²) in [5.41, 5.74) is 0.257. The second-order valence-electron chi connectivity index (χ2n) is 7.03. The maximum absolute atomic E-state index is 12.6. The van der Waals surface area contributed by atoms with Gasteiger partial charge in [-0.2, -0.15) is 0 Å². The number of thioether (sulfide) groups is 1. The summed E-state index contributed by atoms with van der Waals surface area (Å²) < 4.78 is 0.458. The molecule has 3 rings (SSSR count). The number of hydrogen-bond acceptors (Lipinski definition) is 6. The monoisotopic (exact) mass is 446 g/mol. The van der Waals surface area contributed by atoms with Crippen molar-refractivity contribution in [2.24, 2.45) is 0 Å². The van der Waals surface area contributed by atoms with E-state index in [2.05, 4.69) is 5.32 Å². The fourth-order valence-corrected chi connectivity index (χ4v) is 5.03. The molecule has 1 aliphatic rings. The molecule has 2 amide bonds. The number of benzene rings is 1. The minimum atomic E-state index is -0.771. The molecule has 0 saturated carbocycles. The van der Waals surface area contributed by atoms with Crippen molar-refractivity contribution in [3.8, 4) is 0 Å². The molecule has 1 aliphatic heterocycles. The van der Waals surface area contributed by atoms with Crippen molar-refractivity contribution in [3.63, 3.8) is 0 Å². The molecule has 5 nitrogen and oxygen atoms in total. The Hall–Kier alpha value is -2.00. The van der Waals surface area contributed by atoms with Gasteiger partial charge in [0.2, 0.25) is 5.91 Å². The van der Waals surface area contributed by atoms with Crippen LogP contribution >= 0.6 is 35.3 Å². The SMILES string of the molecule is C[C@](CO)(Cc1ccccc1)NC(=O)CCN1C(=O)C(=Cc2cccs2)SC1=S. The molecule has 29 heavy (non-hydrogen) atoms. The van der Waals surface area contributed by atoms with E-state index < -0.39 is 5.54 Å². The fourth-order valence-electron chi connectivity index (χ4n) is 2.99. The van der Waals surface area contributed by atoms with Crippen LogP contribution in [0.3, 0.4) is 0 Å². The fraction of sp³-hybridized carbons (Fsp3) is 0.286. The molecule has 1 fully saturated rings. The van der Waals surface area contributed by atoms with Crippen LogP contribution in [0.15, 0.2) is 52.7 Å². The Morgan fingerprint density at radius 1 is 1.28 bits per heavy atom. The topological polar surface area (TPSA) is 69.6 Å². The smallest absolute Gasteiger partial charge is 0.266 e. The molecular weight excluding hydrogens is 424 g/mol. The number of carbonyl (C=O) groups is 2. The quantitative estimate of drug-likeness (QED) is 0.480. The second-order valence-corrected chi connectivity index (χ2v) is 9.68. The van der Waals surface area contributed by atoms with E-state index in [4.69, 9.17) is 12.2 Å². The number of aliphatic hydroxyl groups is 1. The lowest BCUT2D eigenvalue weighted by atomic mass is 9.93. The Kier molecular flexibility index (Phi) is 7.23. The first-order chi connectivity index (χ1) is 13.9. The maximum atomic E-state index is 12.6. The molecular formula is C21H22N2O3S3. The Bertz CT molecular complexity index is 913. The van der Waals surface area contributed by atoms with E-state index in [1.807, 2.05) is 53.9 Å². The van der Waals surface area contributed by atoms with E-state index in [1.54, 1.807) is 18.3 Å². The molecule has 0 unspecified atom stereocenters. The van der Waals surface area contributed by atoms with E-state index in [0.717, 1.165) is 10.4 Å². The number of amides is 2. The van der Waals surface area contributed by atoms with Crippen LogP contribution in [0.5, 0.6) is 0 Å². The Morgan fingerprint density at radius 2 is 2.03 bits per heavy atom. The molecule has 1 saturated heterocycles. The van der Waals surface area contributed by atoms with Crippen LogP contribution in [0.2, 0.25) is 0 Å². The molecule has 1 aromatic heterocycles. The van der Waals surface area contributed by atoms with Gasteiger partial charge in [0.1, 0.15) is 4.32 Å². The lowest BCUT2D eigenvalue weighted by molar-refractivity contribution is -0.125. The van der Waals surface area contributed by atoms with Gasteiger partial charge >= 0.3 is 0 Å². The first kappa shape index (κ1) is 21.7. The third-order valence-corrected chi connectivity index (χ3v) is 6.68. The van der Waals surface area contributed by atoms with Crippen LogP contribution in [-0.2, 0) is 16.0 Å². The van der Waals surface area contributed by atoms with Gasteiger partial charge in [0.15, 0.2) is 0 Å². The molecule has 0 radical (unpaired) electrons. The number of carbonyl (C=O) groups excluding carboxylic acids is 2. The van der Waals surface area contributed by atoms with Crippen molar-refractivity contribution in [1.82, 2.24) is 10.2 Å². The van der Waals surface area contributed by atoms with Gasteiger partial charge in [0.25, 0.3) is 5.91 Å². The number of rotatable bonds is 8. The van der Waals surface area contributed by atoms with Crippen LogP contribution in [0.25, 0.3) is 6.08 Å². The van der Waals surface area contributed by atoms with Gasteiger partial charge in [0.05, 0.1) is 17.1 Å². The zero-order valence-electron chi connectivity index (χ0n) is 16.0. The highest BCUT2D eigenvalue weighted by molar-refractivity contribution is 8.26. The standard InChI is InChI=1S/C21H22N2O3S3/c1-21(14-24,13-15-6-3-2-4-7-15)22-18(25)9-10-23-19(26)17(29-20(23)27)12-16-8-5-11-28-16/h2-8,11-12,24H,9-10,13-14H2,1H3,(H,22,25)/t21-/m1/s1. The first-order valence-corrected chi connectivity index (χ1v) is 11.3. The average Bonchev–Trinajstić information content (AvgIpc) is 3.30. The van der Waals surface area contributed by atoms with Gasteiger partial charge in [0, 0.05) is 17.8 Å². The summed E-state index contributed by atoms with van der Waals surface area (Å²) in [6.45, 7) is 1.84. The van der Waals surface area contributed by atoms with E-state index >= 15 is 0 Å². The van der Waals surface area contributed by atoms with Crippen molar-refractivity contribution in [2.45, 2.75) is 25.3 Å². The number of hydrogen-bond donors (Lipinski definition) is 2. The zero-order valence-corrected chi connectivity index (χ0v) is 18.4. The van der Waals surface area contributed by atoms with Gasteiger partial charge in [-0.3, -0.25) is 14.5 Å². The predicted octanol–water partition coefficient (Wildman–Crippen LogP) is 3.45. The van der Waals surface area contributed by atoms with Crippen molar-refractivity contribution in [1.29, 1.82) is 0 Å². The third-order valence-electron chi connectivity index (χ3n) is 4.48. The summed E-state index contributed by atoms with van der Waals surface area (Å²) in [4.78, 5) is 28.1. The van der Waals surface area contributed by atoms with Gasteiger partial charge in [-0.25, -0.2) is 0 Å². The zero-order chi connectivity index (χ0) is 20.9. The Balaban J connectivity index is 1.57. The highest BCUT2D eigenvalue weighted by atomic mass is 32.2. The largest absolute Gasteiger partial charge is 0.394 e. The molecule has 1 atom stereocenters. The highest BCUT2D eigenvalue weighted by Crippen LogP contribution is 2.33. The summed E-state index contributed by atoms with van der Waals surface area (Å²) in [5, 5.41) is 14.7. The molecule has 2 heterocycles. The predicted molar refractivity (Wildman–Crippen MR) is 123 cm³/mol. The summed E-state index contributed by atoms with van der Waals surface area (Å²) >= 11 is 8.13. The normalized spacial score (nSPS) is 17.6.